The molecule has 17 heavy (non-hydrogen) atoms. The van der Waals surface area contributed by atoms with Gasteiger partial charge in [-0.15, -0.1) is 0 Å². The SMILES string of the molecule is CCNC1C(N2CCN(C)CC2)CCC1(C)C. The number of piperazine rings is 1. The zero-order valence-electron chi connectivity index (χ0n) is 12.0. The zero-order valence-corrected chi connectivity index (χ0v) is 12.0. The summed E-state index contributed by atoms with van der Waals surface area (Å²) in [6, 6.07) is 1.44. The Bertz CT molecular complexity index is 244. The Morgan fingerprint density at radius 2 is 1.82 bits per heavy atom. The number of likely N-dealkylation sites (N-methyl/N-ethyl adjacent to an activating group) is 2. The van der Waals surface area contributed by atoms with Crippen LogP contribution >= 0.6 is 0 Å². The van der Waals surface area contributed by atoms with Crippen LogP contribution in [0.5, 0.6) is 0 Å². The molecule has 0 amide bonds. The van der Waals surface area contributed by atoms with Crippen LogP contribution in [0.25, 0.3) is 0 Å². The summed E-state index contributed by atoms with van der Waals surface area (Å²) in [5.41, 5.74) is 0.462. The zero-order chi connectivity index (χ0) is 12.5. The smallest absolute Gasteiger partial charge is 0.0274 e. The first kappa shape index (κ1) is 13.3. The van der Waals surface area contributed by atoms with Gasteiger partial charge in [0.2, 0.25) is 0 Å². The van der Waals surface area contributed by atoms with E-state index in [1.807, 2.05) is 0 Å². The second-order valence-corrected chi connectivity index (χ2v) is 6.47. The summed E-state index contributed by atoms with van der Waals surface area (Å²) in [6.07, 6.45) is 2.73. The summed E-state index contributed by atoms with van der Waals surface area (Å²) in [5, 5.41) is 3.74. The molecule has 0 spiro atoms. The van der Waals surface area contributed by atoms with Crippen molar-refractivity contribution in [2.75, 3.05) is 39.8 Å². The molecule has 0 bridgehead atoms. The maximum absolute atomic E-state index is 3.74. The van der Waals surface area contributed by atoms with E-state index < -0.39 is 0 Å². The van der Waals surface area contributed by atoms with Gasteiger partial charge < -0.3 is 10.2 Å². The number of nitrogens with one attached hydrogen (secondary N) is 1. The van der Waals surface area contributed by atoms with Gasteiger partial charge in [0.1, 0.15) is 0 Å². The molecule has 2 rings (SSSR count). The molecular weight excluding hydrogens is 210 g/mol. The van der Waals surface area contributed by atoms with Crippen molar-refractivity contribution in [3.05, 3.63) is 0 Å². The lowest BCUT2D eigenvalue weighted by atomic mass is 9.86. The van der Waals surface area contributed by atoms with Gasteiger partial charge in [-0.05, 0) is 31.8 Å². The maximum atomic E-state index is 3.74. The van der Waals surface area contributed by atoms with Crippen LogP contribution in [0.2, 0.25) is 0 Å². The molecule has 1 saturated heterocycles. The minimum absolute atomic E-state index is 0.462. The lowest BCUT2D eigenvalue weighted by Crippen LogP contribution is -2.56. The third kappa shape index (κ3) is 2.83. The molecule has 2 fully saturated rings. The molecule has 0 aromatic heterocycles. The van der Waals surface area contributed by atoms with Crippen LogP contribution in [-0.2, 0) is 0 Å². The van der Waals surface area contributed by atoms with Gasteiger partial charge in [-0.25, -0.2) is 0 Å². The fourth-order valence-electron chi connectivity index (χ4n) is 3.54. The van der Waals surface area contributed by atoms with Gasteiger partial charge in [0.25, 0.3) is 0 Å². The first-order valence-electron chi connectivity index (χ1n) is 7.20. The first-order valence-corrected chi connectivity index (χ1v) is 7.20. The second kappa shape index (κ2) is 5.25. The van der Waals surface area contributed by atoms with Gasteiger partial charge in [0.15, 0.2) is 0 Å². The molecule has 2 atom stereocenters. The molecule has 2 aliphatic rings. The van der Waals surface area contributed by atoms with Crippen LogP contribution in [0.1, 0.15) is 33.6 Å². The highest BCUT2D eigenvalue weighted by Crippen LogP contribution is 2.40. The van der Waals surface area contributed by atoms with Crippen LogP contribution in [0, 0.1) is 5.41 Å². The van der Waals surface area contributed by atoms with E-state index in [0.717, 1.165) is 12.6 Å². The van der Waals surface area contributed by atoms with E-state index in [2.05, 4.69) is 42.9 Å². The van der Waals surface area contributed by atoms with Gasteiger partial charge in [-0.1, -0.05) is 20.8 Å². The van der Waals surface area contributed by atoms with Crippen molar-refractivity contribution in [3.8, 4) is 0 Å². The largest absolute Gasteiger partial charge is 0.312 e. The van der Waals surface area contributed by atoms with Crippen LogP contribution in [0.4, 0.5) is 0 Å². The normalized spacial score (nSPS) is 35.3. The number of rotatable bonds is 3. The Morgan fingerprint density at radius 3 is 2.41 bits per heavy atom. The molecular formula is C14H29N3. The minimum Gasteiger partial charge on any atom is -0.312 e. The third-order valence-corrected chi connectivity index (χ3v) is 4.74. The number of nitrogens with zero attached hydrogens (tertiary/aromatic N) is 2. The fraction of sp³-hybridized carbons (Fsp3) is 1.00. The predicted octanol–water partition coefficient (Wildman–Crippen LogP) is 1.40. The number of hydrogen-bond acceptors (Lipinski definition) is 3. The summed E-state index contributed by atoms with van der Waals surface area (Å²) >= 11 is 0. The minimum atomic E-state index is 0.462. The summed E-state index contributed by atoms with van der Waals surface area (Å²) in [5.74, 6) is 0. The van der Waals surface area contributed by atoms with Crippen LogP contribution < -0.4 is 5.32 Å². The van der Waals surface area contributed by atoms with Crippen LogP contribution in [-0.4, -0.2) is 61.7 Å². The second-order valence-electron chi connectivity index (χ2n) is 6.47. The molecule has 1 heterocycles. The van der Waals surface area contributed by atoms with E-state index in [0.29, 0.717) is 11.5 Å². The van der Waals surface area contributed by atoms with E-state index in [1.165, 1.54) is 39.0 Å². The molecule has 1 aliphatic heterocycles. The van der Waals surface area contributed by atoms with Crippen molar-refractivity contribution in [1.29, 1.82) is 0 Å². The van der Waals surface area contributed by atoms with E-state index >= 15 is 0 Å². The van der Waals surface area contributed by atoms with Crippen molar-refractivity contribution in [1.82, 2.24) is 15.1 Å². The van der Waals surface area contributed by atoms with E-state index in [-0.39, 0.29) is 0 Å². The quantitative estimate of drug-likeness (QED) is 0.803. The molecule has 1 saturated carbocycles. The number of hydrogen-bond donors (Lipinski definition) is 1. The van der Waals surface area contributed by atoms with Gasteiger partial charge in [-0.3, -0.25) is 4.90 Å². The average Bonchev–Trinajstić information content (AvgIpc) is 2.57. The Morgan fingerprint density at radius 1 is 1.18 bits per heavy atom. The van der Waals surface area contributed by atoms with Gasteiger partial charge in [0, 0.05) is 38.3 Å². The van der Waals surface area contributed by atoms with E-state index in [1.54, 1.807) is 0 Å². The van der Waals surface area contributed by atoms with E-state index in [9.17, 15) is 0 Å². The Labute approximate surface area is 107 Å². The summed E-state index contributed by atoms with van der Waals surface area (Å²) < 4.78 is 0. The molecule has 1 N–H and O–H groups in total. The summed E-state index contributed by atoms with van der Waals surface area (Å²) in [7, 11) is 2.23. The molecule has 0 aromatic rings. The third-order valence-electron chi connectivity index (χ3n) is 4.74. The summed E-state index contributed by atoms with van der Waals surface area (Å²) in [6.45, 7) is 13.1. The molecule has 100 valence electrons. The van der Waals surface area contributed by atoms with Crippen molar-refractivity contribution >= 4 is 0 Å². The predicted molar refractivity (Wildman–Crippen MR) is 73.3 cm³/mol. The van der Waals surface area contributed by atoms with Crippen LogP contribution in [0.3, 0.4) is 0 Å². The highest BCUT2D eigenvalue weighted by Gasteiger charge is 2.44. The van der Waals surface area contributed by atoms with E-state index in [4.69, 9.17) is 0 Å². The Balaban J connectivity index is 2.00. The van der Waals surface area contributed by atoms with Gasteiger partial charge >= 0.3 is 0 Å². The highest BCUT2D eigenvalue weighted by molar-refractivity contribution is 5.01. The molecule has 3 nitrogen and oxygen atoms in total. The topological polar surface area (TPSA) is 18.5 Å². The summed E-state index contributed by atoms with van der Waals surface area (Å²) in [4.78, 5) is 5.17. The van der Waals surface area contributed by atoms with Crippen molar-refractivity contribution in [3.63, 3.8) is 0 Å². The van der Waals surface area contributed by atoms with Gasteiger partial charge in [-0.2, -0.15) is 0 Å². The van der Waals surface area contributed by atoms with Crippen LogP contribution in [0.15, 0.2) is 0 Å². The standard InChI is InChI=1S/C14H29N3/c1-5-15-13-12(6-7-14(13,2)3)17-10-8-16(4)9-11-17/h12-13,15H,5-11H2,1-4H3. The van der Waals surface area contributed by atoms with Crippen molar-refractivity contribution in [2.24, 2.45) is 5.41 Å². The van der Waals surface area contributed by atoms with Crippen molar-refractivity contribution < 1.29 is 0 Å². The average molecular weight is 239 g/mol. The van der Waals surface area contributed by atoms with Gasteiger partial charge in [0.05, 0.1) is 0 Å². The maximum Gasteiger partial charge on any atom is 0.0274 e. The highest BCUT2D eigenvalue weighted by atomic mass is 15.3. The fourth-order valence-corrected chi connectivity index (χ4v) is 3.54. The lowest BCUT2D eigenvalue weighted by Gasteiger charge is -2.41. The molecule has 1 aliphatic carbocycles. The first-order chi connectivity index (χ1) is 8.04. The van der Waals surface area contributed by atoms with Crippen molar-refractivity contribution in [2.45, 2.75) is 45.7 Å². The lowest BCUT2D eigenvalue weighted by molar-refractivity contribution is 0.0881. The molecule has 3 heteroatoms. The Kier molecular flexibility index (Phi) is 4.11. The monoisotopic (exact) mass is 239 g/mol. The molecule has 2 unspecified atom stereocenters. The Hall–Kier alpha value is -0.120. The molecule has 0 radical (unpaired) electrons. The molecule has 0 aromatic carbocycles.